The van der Waals surface area contributed by atoms with E-state index in [9.17, 15) is 18.0 Å². The minimum atomic E-state index is -4.71. The van der Waals surface area contributed by atoms with Crippen LogP contribution in [0.3, 0.4) is 0 Å². The highest BCUT2D eigenvalue weighted by atomic mass is 19.4. The molecule has 160 valence electrons. The van der Waals surface area contributed by atoms with E-state index in [1.54, 1.807) is 30.3 Å². The molecule has 0 saturated carbocycles. The summed E-state index contributed by atoms with van der Waals surface area (Å²) in [5, 5.41) is 7.91. The van der Waals surface area contributed by atoms with Crippen LogP contribution in [-0.4, -0.2) is 29.7 Å². The normalized spacial score (nSPS) is 12.4. The summed E-state index contributed by atoms with van der Waals surface area (Å²) < 4.78 is 51.1. The highest BCUT2D eigenvalue weighted by molar-refractivity contribution is 6.00. The molecule has 0 atom stereocenters. The van der Waals surface area contributed by atoms with Crippen LogP contribution in [-0.2, 0) is 6.18 Å². The molecule has 2 aromatic carbocycles. The number of anilines is 4. The molecule has 1 amide bonds. The van der Waals surface area contributed by atoms with E-state index in [2.05, 4.69) is 25.9 Å². The van der Waals surface area contributed by atoms with E-state index in [1.165, 1.54) is 19.2 Å². The van der Waals surface area contributed by atoms with Gasteiger partial charge in [-0.15, -0.1) is 0 Å². The molecule has 1 aliphatic rings. The van der Waals surface area contributed by atoms with Crippen LogP contribution in [0.4, 0.5) is 36.3 Å². The fourth-order valence-electron chi connectivity index (χ4n) is 2.90. The zero-order chi connectivity index (χ0) is 22.0. The first kappa shape index (κ1) is 20.3. The van der Waals surface area contributed by atoms with E-state index >= 15 is 0 Å². The summed E-state index contributed by atoms with van der Waals surface area (Å²) in [6, 6.07) is 11.1. The van der Waals surface area contributed by atoms with E-state index in [-0.39, 0.29) is 24.0 Å². The van der Waals surface area contributed by atoms with Crippen molar-refractivity contribution in [1.82, 2.24) is 15.3 Å². The van der Waals surface area contributed by atoms with Gasteiger partial charge in [0.1, 0.15) is 11.4 Å². The van der Waals surface area contributed by atoms with Crippen LogP contribution in [0.1, 0.15) is 15.9 Å². The van der Waals surface area contributed by atoms with Gasteiger partial charge in [0, 0.05) is 25.0 Å². The fourth-order valence-corrected chi connectivity index (χ4v) is 2.90. The third kappa shape index (κ3) is 4.29. The van der Waals surface area contributed by atoms with Gasteiger partial charge in [-0.1, -0.05) is 12.1 Å². The number of fused-ring (bicyclic) bond motifs is 1. The average Bonchev–Trinajstić information content (AvgIpc) is 3.21. The van der Waals surface area contributed by atoms with Gasteiger partial charge in [-0.05, 0) is 24.3 Å². The van der Waals surface area contributed by atoms with Gasteiger partial charge in [0.25, 0.3) is 5.91 Å². The quantitative estimate of drug-likeness (QED) is 0.560. The van der Waals surface area contributed by atoms with Crippen molar-refractivity contribution < 1.29 is 27.4 Å². The number of rotatable bonds is 5. The molecule has 1 aliphatic heterocycles. The molecule has 0 unspecified atom stereocenters. The number of hydrogen-bond donors (Lipinski definition) is 3. The lowest BCUT2D eigenvalue weighted by molar-refractivity contribution is -0.137. The van der Waals surface area contributed by atoms with Gasteiger partial charge < -0.3 is 25.4 Å². The monoisotopic (exact) mass is 431 g/mol. The van der Waals surface area contributed by atoms with Gasteiger partial charge in [-0.2, -0.15) is 18.2 Å². The number of nitrogens with zero attached hydrogens (tertiary/aromatic N) is 2. The maximum Gasteiger partial charge on any atom is 0.421 e. The SMILES string of the molecule is CNC(=O)c1ccccc1Nc1nc(Nc2ccc3c(c2)OCO3)ncc1C(F)(F)F. The molecule has 0 fully saturated rings. The average molecular weight is 431 g/mol. The van der Waals surface area contributed by atoms with Gasteiger partial charge in [0.2, 0.25) is 12.7 Å². The third-order valence-corrected chi connectivity index (χ3v) is 4.37. The number of halogens is 3. The number of hydrogen-bond acceptors (Lipinski definition) is 7. The van der Waals surface area contributed by atoms with Crippen molar-refractivity contribution >= 4 is 29.0 Å². The Morgan fingerprint density at radius 3 is 2.61 bits per heavy atom. The Hall–Kier alpha value is -4.02. The summed E-state index contributed by atoms with van der Waals surface area (Å²) in [6.07, 6.45) is -4.03. The van der Waals surface area contributed by atoms with Crippen LogP contribution in [0.25, 0.3) is 0 Å². The zero-order valence-electron chi connectivity index (χ0n) is 16.1. The van der Waals surface area contributed by atoms with Crippen molar-refractivity contribution in [2.24, 2.45) is 0 Å². The van der Waals surface area contributed by atoms with Crippen LogP contribution in [0, 0.1) is 0 Å². The lowest BCUT2D eigenvalue weighted by atomic mass is 10.1. The second kappa shape index (κ2) is 8.01. The van der Waals surface area contributed by atoms with Crippen LogP contribution in [0.2, 0.25) is 0 Å². The molecule has 11 heteroatoms. The molecule has 4 rings (SSSR count). The van der Waals surface area contributed by atoms with Crippen molar-refractivity contribution in [1.29, 1.82) is 0 Å². The van der Waals surface area contributed by atoms with E-state index in [1.807, 2.05) is 0 Å². The summed E-state index contributed by atoms with van der Waals surface area (Å²) >= 11 is 0. The Balaban J connectivity index is 1.68. The highest BCUT2D eigenvalue weighted by Gasteiger charge is 2.35. The standard InChI is InChI=1S/C20H16F3N5O3/c1-24-18(29)12-4-2-3-5-14(12)27-17-13(20(21,22)23)9-25-19(28-17)26-11-6-7-15-16(8-11)31-10-30-15/h2-9H,10H2,1H3,(H,24,29)(H2,25,26,27,28). The van der Waals surface area contributed by atoms with E-state index < -0.39 is 23.5 Å². The number of aromatic nitrogens is 2. The molecule has 0 aliphatic carbocycles. The van der Waals surface area contributed by atoms with Crippen molar-refractivity contribution in [3.05, 3.63) is 59.8 Å². The Morgan fingerprint density at radius 2 is 1.84 bits per heavy atom. The smallest absolute Gasteiger partial charge is 0.421 e. The minimum absolute atomic E-state index is 0.0770. The van der Waals surface area contributed by atoms with Crippen molar-refractivity contribution in [2.75, 3.05) is 24.5 Å². The lowest BCUT2D eigenvalue weighted by Crippen LogP contribution is -2.20. The number of amides is 1. The van der Waals surface area contributed by atoms with Crippen LogP contribution < -0.4 is 25.4 Å². The topological polar surface area (TPSA) is 97.4 Å². The van der Waals surface area contributed by atoms with Crippen molar-refractivity contribution in [2.45, 2.75) is 6.18 Å². The maximum absolute atomic E-state index is 13.5. The van der Waals surface area contributed by atoms with Crippen LogP contribution in [0.15, 0.2) is 48.7 Å². The molecule has 3 N–H and O–H groups in total. The second-order valence-corrected chi connectivity index (χ2v) is 6.40. The number of carbonyl (C=O) groups is 1. The predicted molar refractivity (Wildman–Crippen MR) is 106 cm³/mol. The molecule has 0 saturated heterocycles. The molecule has 1 aromatic heterocycles. The Bertz CT molecular complexity index is 1140. The molecule has 0 spiro atoms. The summed E-state index contributed by atoms with van der Waals surface area (Å²) in [5.41, 5.74) is -0.238. The summed E-state index contributed by atoms with van der Waals surface area (Å²) in [5.74, 6) is 0.0279. The maximum atomic E-state index is 13.5. The summed E-state index contributed by atoms with van der Waals surface area (Å²) in [4.78, 5) is 19.8. The molecule has 31 heavy (non-hydrogen) atoms. The van der Waals surface area contributed by atoms with Crippen molar-refractivity contribution in [3.63, 3.8) is 0 Å². The van der Waals surface area contributed by atoms with E-state index in [0.717, 1.165) is 0 Å². The number of ether oxygens (including phenoxy) is 2. The first-order valence-electron chi connectivity index (χ1n) is 9.04. The second-order valence-electron chi connectivity index (χ2n) is 6.40. The number of para-hydroxylation sites is 1. The molecular weight excluding hydrogens is 415 g/mol. The van der Waals surface area contributed by atoms with Gasteiger partial charge in [-0.3, -0.25) is 4.79 Å². The van der Waals surface area contributed by atoms with Gasteiger partial charge >= 0.3 is 6.18 Å². The Labute approximate surface area is 174 Å². The van der Waals surface area contributed by atoms with E-state index in [0.29, 0.717) is 23.4 Å². The van der Waals surface area contributed by atoms with Gasteiger partial charge in [0.05, 0.1) is 11.3 Å². The lowest BCUT2D eigenvalue weighted by Gasteiger charge is -2.16. The molecule has 0 radical (unpaired) electrons. The molecular formula is C20H16F3N5O3. The van der Waals surface area contributed by atoms with Crippen LogP contribution in [0.5, 0.6) is 11.5 Å². The van der Waals surface area contributed by atoms with Gasteiger partial charge in [0.15, 0.2) is 11.5 Å². The first-order valence-corrected chi connectivity index (χ1v) is 9.04. The number of nitrogens with one attached hydrogen (secondary N) is 3. The van der Waals surface area contributed by atoms with E-state index in [4.69, 9.17) is 9.47 Å². The van der Waals surface area contributed by atoms with Gasteiger partial charge in [-0.25, -0.2) is 4.98 Å². The Morgan fingerprint density at radius 1 is 1.06 bits per heavy atom. The summed E-state index contributed by atoms with van der Waals surface area (Å²) in [6.45, 7) is 0.0916. The molecule has 0 bridgehead atoms. The number of benzene rings is 2. The summed E-state index contributed by atoms with van der Waals surface area (Å²) in [7, 11) is 1.43. The zero-order valence-corrected chi connectivity index (χ0v) is 16.1. The highest BCUT2D eigenvalue weighted by Crippen LogP contribution is 2.37. The van der Waals surface area contributed by atoms with Crippen LogP contribution >= 0.6 is 0 Å². The largest absolute Gasteiger partial charge is 0.454 e. The Kier molecular flexibility index (Phi) is 5.24. The predicted octanol–water partition coefficient (Wildman–Crippen LogP) is 4.07. The third-order valence-electron chi connectivity index (χ3n) is 4.37. The first-order chi connectivity index (χ1) is 14.8. The van der Waals surface area contributed by atoms with Crippen molar-refractivity contribution in [3.8, 4) is 11.5 Å². The minimum Gasteiger partial charge on any atom is -0.454 e. The number of carbonyl (C=O) groups excluding carboxylic acids is 1. The fraction of sp³-hybridized carbons (Fsp3) is 0.150. The molecule has 3 aromatic rings. The number of alkyl halides is 3. The molecule has 8 nitrogen and oxygen atoms in total. The molecule has 2 heterocycles.